The second-order valence-electron chi connectivity index (χ2n) is 6.28. The molecule has 26 heavy (non-hydrogen) atoms. The highest BCUT2D eigenvalue weighted by Crippen LogP contribution is 2.15. The Morgan fingerprint density at radius 3 is 2.38 bits per heavy atom. The Hall–Kier alpha value is -2.24. The maximum atomic E-state index is 12.2. The normalized spacial score (nSPS) is 14.9. The third-order valence-corrected chi connectivity index (χ3v) is 4.62. The second kappa shape index (κ2) is 9.46. The molecule has 0 atom stereocenters. The van der Waals surface area contributed by atoms with Gasteiger partial charge in [0.25, 0.3) is 0 Å². The van der Waals surface area contributed by atoms with Crippen LogP contribution in [0.25, 0.3) is 0 Å². The number of rotatable bonds is 6. The Morgan fingerprint density at radius 2 is 1.69 bits per heavy atom. The molecule has 0 unspecified atom stereocenters. The van der Waals surface area contributed by atoms with Gasteiger partial charge in [-0.3, -0.25) is 4.90 Å². The molecule has 6 heteroatoms. The van der Waals surface area contributed by atoms with E-state index in [0.717, 1.165) is 38.5 Å². The number of amides is 2. The van der Waals surface area contributed by atoms with Gasteiger partial charge in [-0.05, 0) is 29.8 Å². The van der Waals surface area contributed by atoms with Crippen molar-refractivity contribution in [3.8, 4) is 5.75 Å². The lowest BCUT2D eigenvalue weighted by atomic mass is 10.2. The van der Waals surface area contributed by atoms with Gasteiger partial charge in [-0.2, -0.15) is 0 Å². The molecule has 0 radical (unpaired) electrons. The van der Waals surface area contributed by atoms with Crippen molar-refractivity contribution >= 4 is 17.6 Å². The van der Waals surface area contributed by atoms with Gasteiger partial charge in [-0.25, -0.2) is 4.79 Å². The van der Waals surface area contributed by atoms with Crippen LogP contribution in [-0.4, -0.2) is 55.2 Å². The summed E-state index contributed by atoms with van der Waals surface area (Å²) in [6, 6.07) is 17.6. The lowest BCUT2D eigenvalue weighted by Gasteiger charge is -2.34. The highest BCUT2D eigenvalue weighted by Gasteiger charge is 2.20. The number of ether oxygens (including phenoxy) is 1. The van der Waals surface area contributed by atoms with Crippen LogP contribution in [0.3, 0.4) is 0 Å². The number of hydrogen-bond acceptors (Lipinski definition) is 3. The van der Waals surface area contributed by atoms with E-state index in [4.69, 9.17) is 16.3 Å². The number of halogens is 1. The molecule has 2 amide bonds. The van der Waals surface area contributed by atoms with Crippen molar-refractivity contribution in [3.63, 3.8) is 0 Å². The number of urea groups is 1. The predicted molar refractivity (Wildman–Crippen MR) is 104 cm³/mol. The topological polar surface area (TPSA) is 44.8 Å². The molecule has 1 aliphatic heterocycles. The summed E-state index contributed by atoms with van der Waals surface area (Å²) in [5, 5.41) is 3.59. The van der Waals surface area contributed by atoms with Gasteiger partial charge < -0.3 is 15.0 Å². The fourth-order valence-corrected chi connectivity index (χ4v) is 3.05. The summed E-state index contributed by atoms with van der Waals surface area (Å²) in [6.07, 6.45) is 0. The largest absolute Gasteiger partial charge is 0.492 e. The molecule has 1 fully saturated rings. The molecule has 3 rings (SSSR count). The Labute approximate surface area is 159 Å². The lowest BCUT2D eigenvalue weighted by molar-refractivity contribution is 0.134. The van der Waals surface area contributed by atoms with E-state index in [9.17, 15) is 4.79 Å². The third-order valence-electron chi connectivity index (χ3n) is 4.37. The maximum absolute atomic E-state index is 12.2. The van der Waals surface area contributed by atoms with Crippen molar-refractivity contribution in [3.05, 3.63) is 65.2 Å². The van der Waals surface area contributed by atoms with E-state index in [1.165, 1.54) is 5.56 Å². The van der Waals surface area contributed by atoms with Crippen LogP contribution in [0, 0.1) is 0 Å². The highest BCUT2D eigenvalue weighted by atomic mass is 35.5. The summed E-state index contributed by atoms with van der Waals surface area (Å²) in [7, 11) is 0. The first-order chi connectivity index (χ1) is 12.7. The molecule has 1 aliphatic rings. The van der Waals surface area contributed by atoms with Crippen molar-refractivity contribution in [1.29, 1.82) is 0 Å². The SMILES string of the molecule is O=C(NCCOc1ccc(Cl)cc1)N1CCN(Cc2ccccc2)CC1. The van der Waals surface area contributed by atoms with Crippen LogP contribution in [0.5, 0.6) is 5.75 Å². The van der Waals surface area contributed by atoms with Crippen molar-refractivity contribution in [2.75, 3.05) is 39.3 Å². The van der Waals surface area contributed by atoms with E-state index < -0.39 is 0 Å². The van der Waals surface area contributed by atoms with Gasteiger partial charge in [0, 0.05) is 37.7 Å². The van der Waals surface area contributed by atoms with Gasteiger partial charge in [0.2, 0.25) is 0 Å². The van der Waals surface area contributed by atoms with Gasteiger partial charge in [-0.15, -0.1) is 0 Å². The molecule has 0 saturated carbocycles. The van der Waals surface area contributed by atoms with Gasteiger partial charge in [0.15, 0.2) is 0 Å². The average Bonchev–Trinajstić information content (AvgIpc) is 2.68. The second-order valence-corrected chi connectivity index (χ2v) is 6.72. The molecule has 0 aromatic heterocycles. The molecule has 138 valence electrons. The number of carbonyl (C=O) groups is 1. The summed E-state index contributed by atoms with van der Waals surface area (Å²) in [4.78, 5) is 16.5. The summed E-state index contributed by atoms with van der Waals surface area (Å²) in [5.74, 6) is 0.748. The fourth-order valence-electron chi connectivity index (χ4n) is 2.92. The zero-order valence-electron chi connectivity index (χ0n) is 14.7. The van der Waals surface area contributed by atoms with E-state index in [0.29, 0.717) is 18.2 Å². The predicted octanol–water partition coefficient (Wildman–Crippen LogP) is 3.25. The van der Waals surface area contributed by atoms with Gasteiger partial charge in [0.1, 0.15) is 12.4 Å². The molecule has 5 nitrogen and oxygen atoms in total. The molecule has 2 aromatic rings. The summed E-state index contributed by atoms with van der Waals surface area (Å²) >= 11 is 5.83. The Kier molecular flexibility index (Phi) is 6.75. The number of benzene rings is 2. The standard InChI is InChI=1S/C20H24ClN3O2/c21-18-6-8-19(9-7-18)26-15-10-22-20(25)24-13-11-23(12-14-24)16-17-4-2-1-3-5-17/h1-9H,10-16H2,(H,22,25). The first-order valence-corrected chi connectivity index (χ1v) is 9.26. The van der Waals surface area contributed by atoms with E-state index >= 15 is 0 Å². The number of piperazine rings is 1. The lowest BCUT2D eigenvalue weighted by Crippen LogP contribution is -2.51. The third kappa shape index (κ3) is 5.64. The minimum absolute atomic E-state index is 0.0240. The van der Waals surface area contributed by atoms with Crippen molar-refractivity contribution in [2.24, 2.45) is 0 Å². The minimum atomic E-state index is -0.0240. The first-order valence-electron chi connectivity index (χ1n) is 8.88. The van der Waals surface area contributed by atoms with Crippen molar-refractivity contribution in [1.82, 2.24) is 15.1 Å². The maximum Gasteiger partial charge on any atom is 0.317 e. The number of carbonyl (C=O) groups excluding carboxylic acids is 1. The minimum Gasteiger partial charge on any atom is -0.492 e. The average molecular weight is 374 g/mol. The zero-order chi connectivity index (χ0) is 18.2. The fraction of sp³-hybridized carbons (Fsp3) is 0.350. The summed E-state index contributed by atoms with van der Waals surface area (Å²) in [5.41, 5.74) is 1.31. The molecule has 2 aromatic carbocycles. The van der Waals surface area contributed by atoms with Crippen LogP contribution in [0.1, 0.15) is 5.56 Å². The zero-order valence-corrected chi connectivity index (χ0v) is 15.5. The van der Waals surface area contributed by atoms with Crippen molar-refractivity contribution in [2.45, 2.75) is 6.54 Å². The molecule has 1 heterocycles. The molecule has 1 saturated heterocycles. The number of nitrogens with zero attached hydrogens (tertiary/aromatic N) is 2. The van der Waals surface area contributed by atoms with E-state index in [-0.39, 0.29) is 6.03 Å². The molecule has 0 aliphatic carbocycles. The Balaban J connectivity index is 1.32. The highest BCUT2D eigenvalue weighted by molar-refractivity contribution is 6.30. The Morgan fingerprint density at radius 1 is 1.00 bits per heavy atom. The summed E-state index contributed by atoms with van der Waals surface area (Å²) < 4.78 is 5.58. The van der Waals surface area contributed by atoms with Gasteiger partial charge in [-0.1, -0.05) is 41.9 Å². The summed E-state index contributed by atoms with van der Waals surface area (Å²) in [6.45, 7) is 5.12. The quantitative estimate of drug-likeness (QED) is 0.790. The van der Waals surface area contributed by atoms with Crippen molar-refractivity contribution < 1.29 is 9.53 Å². The van der Waals surface area contributed by atoms with Crippen LogP contribution < -0.4 is 10.1 Å². The van der Waals surface area contributed by atoms with Crippen LogP contribution in [0.2, 0.25) is 5.02 Å². The molecule has 0 spiro atoms. The molecule has 0 bridgehead atoms. The van der Waals surface area contributed by atoms with Crippen LogP contribution in [0.15, 0.2) is 54.6 Å². The Bertz CT molecular complexity index is 686. The van der Waals surface area contributed by atoms with Crippen LogP contribution in [-0.2, 0) is 6.54 Å². The number of nitrogens with one attached hydrogen (secondary N) is 1. The van der Waals surface area contributed by atoms with Crippen LogP contribution >= 0.6 is 11.6 Å². The van der Waals surface area contributed by atoms with E-state index in [1.54, 1.807) is 12.1 Å². The van der Waals surface area contributed by atoms with Crippen LogP contribution in [0.4, 0.5) is 4.79 Å². The smallest absolute Gasteiger partial charge is 0.317 e. The van der Waals surface area contributed by atoms with Gasteiger partial charge >= 0.3 is 6.03 Å². The first kappa shape index (κ1) is 18.5. The molecular weight excluding hydrogens is 350 g/mol. The van der Waals surface area contributed by atoms with E-state index in [2.05, 4.69) is 34.5 Å². The molecular formula is C20H24ClN3O2. The number of hydrogen-bond donors (Lipinski definition) is 1. The monoisotopic (exact) mass is 373 g/mol. The molecule has 1 N–H and O–H groups in total. The van der Waals surface area contributed by atoms with E-state index in [1.807, 2.05) is 23.1 Å². The van der Waals surface area contributed by atoms with Gasteiger partial charge in [0.05, 0.1) is 6.54 Å².